The topological polar surface area (TPSA) is 84.1 Å². The lowest BCUT2D eigenvalue weighted by atomic mass is 9.99. The number of benzene rings is 1. The molecule has 0 saturated heterocycles. The van der Waals surface area contributed by atoms with Crippen molar-refractivity contribution in [3.8, 4) is 28.3 Å². The van der Waals surface area contributed by atoms with Crippen LogP contribution in [0.1, 0.15) is 39.0 Å². The van der Waals surface area contributed by atoms with Crippen LogP contribution in [0.5, 0.6) is 5.75 Å². The van der Waals surface area contributed by atoms with E-state index in [4.69, 9.17) is 0 Å². The Balaban J connectivity index is 1.54. The van der Waals surface area contributed by atoms with Crippen molar-refractivity contribution in [2.45, 2.75) is 45.1 Å². The molecule has 3 aromatic rings. The van der Waals surface area contributed by atoms with Gasteiger partial charge < -0.3 is 14.6 Å². The smallest absolute Gasteiger partial charge is 0.347 e. The van der Waals surface area contributed by atoms with E-state index < -0.39 is 0 Å². The lowest BCUT2D eigenvalue weighted by molar-refractivity contribution is 0.456. The second-order valence-corrected chi connectivity index (χ2v) is 8.61. The highest BCUT2D eigenvalue weighted by Crippen LogP contribution is 2.32. The minimum absolute atomic E-state index is 0.0768. The van der Waals surface area contributed by atoms with Gasteiger partial charge in [0, 0.05) is 37.5 Å². The van der Waals surface area contributed by atoms with Gasteiger partial charge in [-0.1, -0.05) is 32.3 Å². The molecular weight excluding hydrogens is 390 g/mol. The summed E-state index contributed by atoms with van der Waals surface area (Å²) in [5.41, 5.74) is 2.05. The van der Waals surface area contributed by atoms with Crippen LogP contribution in [0.25, 0.3) is 22.5 Å². The van der Waals surface area contributed by atoms with Gasteiger partial charge in [0.1, 0.15) is 5.75 Å². The van der Waals surface area contributed by atoms with Crippen molar-refractivity contribution in [2.75, 3.05) is 11.9 Å². The minimum atomic E-state index is -0.338. The number of aromatic nitrogens is 4. The highest BCUT2D eigenvalue weighted by molar-refractivity contribution is 5.73. The van der Waals surface area contributed by atoms with E-state index in [0.29, 0.717) is 28.6 Å². The van der Waals surface area contributed by atoms with Crippen molar-refractivity contribution in [1.29, 1.82) is 0 Å². The fourth-order valence-electron chi connectivity index (χ4n) is 4.30. The molecule has 162 valence electrons. The second-order valence-electron chi connectivity index (χ2n) is 8.61. The Kier molecular flexibility index (Phi) is 6.02. The first-order chi connectivity index (χ1) is 14.9. The molecule has 0 amide bonds. The molecule has 1 aliphatic rings. The molecule has 2 atom stereocenters. The van der Waals surface area contributed by atoms with Crippen LogP contribution in [0.2, 0.25) is 0 Å². The molecule has 4 rings (SSSR count). The molecule has 1 aromatic carbocycles. The predicted octanol–water partition coefficient (Wildman–Crippen LogP) is 4.01. The molecule has 2 aromatic heterocycles. The number of hydrogen-bond acceptors (Lipinski definition) is 6. The van der Waals surface area contributed by atoms with Crippen molar-refractivity contribution < 1.29 is 5.11 Å². The Morgan fingerprint density at radius 2 is 1.87 bits per heavy atom. The van der Waals surface area contributed by atoms with Gasteiger partial charge in [0.25, 0.3) is 0 Å². The maximum Gasteiger partial charge on any atom is 0.347 e. The zero-order chi connectivity index (χ0) is 22.0. The van der Waals surface area contributed by atoms with Gasteiger partial charge in [-0.2, -0.15) is 4.98 Å². The van der Waals surface area contributed by atoms with Gasteiger partial charge in [0.2, 0.25) is 0 Å². The van der Waals surface area contributed by atoms with Crippen molar-refractivity contribution in [1.82, 2.24) is 19.7 Å². The van der Waals surface area contributed by atoms with Crippen LogP contribution in [-0.2, 0) is 7.05 Å². The quantitative estimate of drug-likeness (QED) is 0.643. The van der Waals surface area contributed by atoms with Crippen LogP contribution < -0.4 is 10.6 Å². The largest absolute Gasteiger partial charge is 0.507 e. The Labute approximate surface area is 182 Å². The summed E-state index contributed by atoms with van der Waals surface area (Å²) in [5, 5.41) is 19.4. The van der Waals surface area contributed by atoms with E-state index in [0.717, 1.165) is 11.7 Å². The van der Waals surface area contributed by atoms with E-state index in [2.05, 4.69) is 34.1 Å². The molecule has 0 unspecified atom stereocenters. The highest BCUT2D eigenvalue weighted by Gasteiger charge is 2.22. The zero-order valence-electron chi connectivity index (χ0n) is 18.3. The van der Waals surface area contributed by atoms with E-state index >= 15 is 0 Å². The molecule has 1 fully saturated rings. The fraction of sp³-hybridized carbons (Fsp3) is 0.417. The van der Waals surface area contributed by atoms with Gasteiger partial charge >= 0.3 is 5.69 Å². The molecule has 7 heteroatoms. The number of phenols is 1. The summed E-state index contributed by atoms with van der Waals surface area (Å²) >= 11 is 0. The van der Waals surface area contributed by atoms with Crippen molar-refractivity contribution in [2.24, 2.45) is 13.0 Å². The van der Waals surface area contributed by atoms with Crippen LogP contribution in [0.15, 0.2) is 47.4 Å². The van der Waals surface area contributed by atoms with Gasteiger partial charge in [-0.25, -0.2) is 4.79 Å². The summed E-state index contributed by atoms with van der Waals surface area (Å²) in [6.07, 6.45) is 7.89. The summed E-state index contributed by atoms with van der Waals surface area (Å²) in [4.78, 5) is 18.1. The van der Waals surface area contributed by atoms with Gasteiger partial charge in [0.05, 0.1) is 11.4 Å². The van der Waals surface area contributed by atoms with Crippen LogP contribution in [0.3, 0.4) is 0 Å². The van der Waals surface area contributed by atoms with E-state index in [9.17, 15) is 9.90 Å². The molecule has 2 heterocycles. The normalized spacial score (nSPS) is 19.1. The first-order valence-corrected chi connectivity index (χ1v) is 10.9. The lowest BCUT2D eigenvalue weighted by Crippen LogP contribution is -2.33. The maximum atomic E-state index is 11.8. The van der Waals surface area contributed by atoms with Crippen LogP contribution >= 0.6 is 0 Å². The SMILES string of the molecule is C[C@@H]1CCCC[C@H](N(C)c2ccc(-c3ccc(-c4ccn(C)c(=O)n4)cc3O)nn2)C1. The summed E-state index contributed by atoms with van der Waals surface area (Å²) in [7, 11) is 3.74. The predicted molar refractivity (Wildman–Crippen MR) is 122 cm³/mol. The fourth-order valence-corrected chi connectivity index (χ4v) is 4.30. The summed E-state index contributed by atoms with van der Waals surface area (Å²) in [5.74, 6) is 1.66. The third kappa shape index (κ3) is 4.60. The monoisotopic (exact) mass is 419 g/mol. The number of nitrogens with zero attached hydrogens (tertiary/aromatic N) is 5. The third-order valence-corrected chi connectivity index (χ3v) is 6.26. The number of aryl methyl sites for hydroxylation is 1. The number of anilines is 1. The Bertz CT molecular complexity index is 1110. The van der Waals surface area contributed by atoms with Crippen molar-refractivity contribution in [3.05, 3.63) is 53.1 Å². The molecule has 0 spiro atoms. The maximum absolute atomic E-state index is 11.8. The number of aromatic hydroxyl groups is 1. The molecule has 31 heavy (non-hydrogen) atoms. The average Bonchev–Trinajstić information content (AvgIpc) is 2.99. The first-order valence-electron chi connectivity index (χ1n) is 10.9. The highest BCUT2D eigenvalue weighted by atomic mass is 16.3. The van der Waals surface area contributed by atoms with Gasteiger partial charge in [-0.3, -0.25) is 0 Å². The van der Waals surface area contributed by atoms with Gasteiger partial charge in [-0.15, -0.1) is 10.2 Å². The number of hydrogen-bond donors (Lipinski definition) is 1. The Morgan fingerprint density at radius 3 is 2.58 bits per heavy atom. The van der Waals surface area contributed by atoms with E-state index in [-0.39, 0.29) is 11.4 Å². The Hall–Kier alpha value is -3.22. The van der Waals surface area contributed by atoms with Crippen LogP contribution in [0, 0.1) is 5.92 Å². The molecule has 1 aliphatic carbocycles. The van der Waals surface area contributed by atoms with Crippen LogP contribution in [-0.4, -0.2) is 37.9 Å². The molecule has 1 N–H and O–H groups in total. The van der Waals surface area contributed by atoms with E-state index in [1.165, 1.54) is 36.7 Å². The average molecular weight is 420 g/mol. The Morgan fingerprint density at radius 1 is 1.06 bits per heavy atom. The number of rotatable bonds is 4. The molecule has 1 saturated carbocycles. The van der Waals surface area contributed by atoms with Gasteiger partial charge in [0.15, 0.2) is 5.82 Å². The second kappa shape index (κ2) is 8.88. The third-order valence-electron chi connectivity index (χ3n) is 6.26. The summed E-state index contributed by atoms with van der Waals surface area (Å²) < 4.78 is 1.40. The summed E-state index contributed by atoms with van der Waals surface area (Å²) in [6, 6.07) is 11.3. The van der Waals surface area contributed by atoms with E-state index in [1.54, 1.807) is 31.4 Å². The zero-order valence-corrected chi connectivity index (χ0v) is 18.3. The lowest BCUT2D eigenvalue weighted by Gasteiger charge is -2.29. The molecule has 7 nitrogen and oxygen atoms in total. The van der Waals surface area contributed by atoms with Crippen LogP contribution in [0.4, 0.5) is 5.82 Å². The molecule has 0 radical (unpaired) electrons. The van der Waals surface area contributed by atoms with Gasteiger partial charge in [-0.05, 0) is 49.1 Å². The molecular formula is C24H29N5O2. The minimum Gasteiger partial charge on any atom is -0.507 e. The van der Waals surface area contributed by atoms with Crippen molar-refractivity contribution >= 4 is 5.82 Å². The first kappa shape index (κ1) is 21.0. The van der Waals surface area contributed by atoms with E-state index in [1.807, 2.05) is 18.2 Å². The number of phenolic OH excluding ortho intramolecular Hbond substituents is 1. The van der Waals surface area contributed by atoms with Crippen molar-refractivity contribution in [3.63, 3.8) is 0 Å². The molecule has 0 aliphatic heterocycles. The molecule has 0 bridgehead atoms. The standard InChI is InChI=1S/C24H29N5O2/c1-16-6-4-5-7-18(14-16)29(3)23-11-10-21(26-27-23)19-9-8-17(15-22(19)30)20-12-13-28(2)24(31)25-20/h8-13,15-16,18,30H,4-7,14H2,1-3H3/t16-,18+/m1/s1. The summed E-state index contributed by atoms with van der Waals surface area (Å²) in [6.45, 7) is 2.33.